The zero-order chi connectivity index (χ0) is 37.6. The number of hydrogen-bond acceptors (Lipinski definition) is 5. The first kappa shape index (κ1) is 46.6. The van der Waals surface area contributed by atoms with Crippen molar-refractivity contribution in [2.24, 2.45) is 0 Å². The van der Waals surface area contributed by atoms with Gasteiger partial charge in [-0.05, 0) is 69.5 Å². The van der Waals surface area contributed by atoms with Gasteiger partial charge in [-0.15, -0.1) is 0 Å². The average molecular weight is 717 g/mol. The molecule has 1 atom stereocenters. The molecule has 0 unspecified atom stereocenters. The maximum Gasteiger partial charge on any atom is 0.320 e. The van der Waals surface area contributed by atoms with E-state index in [9.17, 15) is 19.5 Å². The van der Waals surface area contributed by atoms with Crippen molar-refractivity contribution in [1.82, 2.24) is 10.2 Å². The molecule has 294 valence electrons. The largest absolute Gasteiger partial charge is 0.494 e. The lowest BCUT2D eigenvalue weighted by Gasteiger charge is -2.29. The predicted octanol–water partition coefficient (Wildman–Crippen LogP) is 10.2. The lowest BCUT2D eigenvalue weighted by Crippen LogP contribution is -2.43. The van der Waals surface area contributed by atoms with Crippen LogP contribution in [0.5, 0.6) is 5.75 Å². The Morgan fingerprint density at radius 1 is 0.667 bits per heavy atom. The van der Waals surface area contributed by atoms with Crippen molar-refractivity contribution in [2.45, 2.75) is 174 Å². The molecule has 1 aromatic rings. The minimum absolute atomic E-state index is 0.0102. The maximum absolute atomic E-state index is 12.8. The fraction of sp³-hybridized carbons (Fsp3) is 0.791. The van der Waals surface area contributed by atoms with Gasteiger partial charge in [-0.25, -0.2) is 0 Å². The summed E-state index contributed by atoms with van der Waals surface area (Å²) in [6, 6.07) is 6.08. The number of rotatable bonds is 34. The summed E-state index contributed by atoms with van der Waals surface area (Å²) in [6.45, 7) is 7.66. The van der Waals surface area contributed by atoms with Gasteiger partial charge in [-0.2, -0.15) is 0 Å². The Hall–Kier alpha value is -2.45. The monoisotopic (exact) mass is 717 g/mol. The van der Waals surface area contributed by atoms with Crippen molar-refractivity contribution in [3.8, 4) is 5.75 Å². The molecule has 0 aliphatic heterocycles. The van der Waals surface area contributed by atoms with Crippen LogP contribution >= 0.6 is 0 Å². The highest BCUT2D eigenvalue weighted by Gasteiger charge is 2.26. The molecule has 51 heavy (non-hydrogen) atoms. The number of quaternary nitrogens is 1. The zero-order valence-corrected chi connectivity index (χ0v) is 33.7. The molecule has 0 heterocycles. The molecular weight excluding hydrogens is 638 g/mol. The molecule has 8 heteroatoms. The van der Waals surface area contributed by atoms with Crippen molar-refractivity contribution in [3.05, 3.63) is 29.8 Å². The van der Waals surface area contributed by atoms with E-state index in [2.05, 4.69) is 45.2 Å². The van der Waals surface area contributed by atoms with Crippen LogP contribution in [-0.2, 0) is 9.59 Å². The van der Waals surface area contributed by atoms with Crippen LogP contribution < -0.4 is 10.1 Å². The third-order valence-electron chi connectivity index (χ3n) is 9.83. The first-order valence-corrected chi connectivity index (χ1v) is 20.9. The molecule has 0 aliphatic rings. The number of nitrogens with zero attached hydrogens (tertiary/aromatic N) is 2. The topological polar surface area (TPSA) is 95.9 Å². The van der Waals surface area contributed by atoms with E-state index in [0.717, 1.165) is 62.6 Å². The Morgan fingerprint density at radius 3 is 1.55 bits per heavy atom. The smallest absolute Gasteiger partial charge is 0.320 e. The SMILES string of the molecule is CCCCCCCCCCCCN(CCCCCCCCCCCC)[C@@H](CCC(=O)NC(=O)c1ccc(OCCCC[N+](C)(C)C)cc1)C(=O)O. The van der Waals surface area contributed by atoms with Gasteiger partial charge in [0.25, 0.3) is 5.91 Å². The molecule has 0 aromatic heterocycles. The van der Waals surface area contributed by atoms with Crippen LogP contribution in [0.15, 0.2) is 24.3 Å². The van der Waals surface area contributed by atoms with Gasteiger partial charge in [0.2, 0.25) is 5.91 Å². The van der Waals surface area contributed by atoms with Gasteiger partial charge in [0.05, 0.1) is 34.3 Å². The van der Waals surface area contributed by atoms with E-state index in [4.69, 9.17) is 4.74 Å². The number of carbonyl (C=O) groups is 3. The standard InChI is InChI=1S/C43H77N3O5/c1-6-8-10-12-14-16-18-20-22-24-34-45(35-25-23-21-19-17-15-13-11-9-7-2)40(43(49)50)32-33-41(47)44-42(48)38-28-30-39(31-29-38)51-37-27-26-36-46(3,4)5/h28-31,40H,6-27,32-37H2,1-5H3,(H-,44,47,48,49,50)/p+1/t40-/m0/s1. The minimum atomic E-state index is -0.888. The molecule has 0 fully saturated rings. The second kappa shape index (κ2) is 30.1. The molecule has 0 bridgehead atoms. The molecule has 2 amide bonds. The van der Waals surface area contributed by atoms with Gasteiger partial charge in [-0.1, -0.05) is 129 Å². The van der Waals surface area contributed by atoms with E-state index < -0.39 is 23.8 Å². The van der Waals surface area contributed by atoms with Crippen molar-refractivity contribution in [1.29, 1.82) is 0 Å². The summed E-state index contributed by atoms with van der Waals surface area (Å²) in [7, 11) is 6.53. The quantitative estimate of drug-likeness (QED) is 0.0545. The lowest BCUT2D eigenvalue weighted by molar-refractivity contribution is -0.870. The molecule has 0 aliphatic carbocycles. The van der Waals surface area contributed by atoms with E-state index in [1.54, 1.807) is 24.3 Å². The molecule has 0 spiro atoms. The maximum atomic E-state index is 12.8. The molecule has 1 rings (SSSR count). The number of hydrogen-bond donors (Lipinski definition) is 2. The highest BCUT2D eigenvalue weighted by molar-refractivity contribution is 6.04. The number of carboxylic acids is 1. The summed E-state index contributed by atoms with van der Waals surface area (Å²) in [5.41, 5.74) is 0.374. The first-order valence-electron chi connectivity index (χ1n) is 20.9. The third-order valence-corrected chi connectivity index (χ3v) is 9.83. The van der Waals surface area contributed by atoms with Crippen LogP contribution in [0.3, 0.4) is 0 Å². The first-order chi connectivity index (χ1) is 24.6. The fourth-order valence-electron chi connectivity index (χ4n) is 6.60. The van der Waals surface area contributed by atoms with Crippen molar-refractivity contribution < 1.29 is 28.7 Å². The van der Waals surface area contributed by atoms with Gasteiger partial charge >= 0.3 is 5.97 Å². The Bertz CT molecular complexity index is 999. The van der Waals surface area contributed by atoms with E-state index in [-0.39, 0.29) is 12.8 Å². The van der Waals surface area contributed by atoms with Crippen molar-refractivity contribution in [3.63, 3.8) is 0 Å². The Kier molecular flexibility index (Phi) is 27.4. The van der Waals surface area contributed by atoms with Crippen LogP contribution in [0.4, 0.5) is 0 Å². The molecule has 0 radical (unpaired) electrons. The molecule has 0 saturated carbocycles. The van der Waals surface area contributed by atoms with Crippen LogP contribution in [-0.4, -0.2) is 85.7 Å². The number of aliphatic carboxylic acids is 1. The van der Waals surface area contributed by atoms with Crippen molar-refractivity contribution in [2.75, 3.05) is 47.4 Å². The highest BCUT2D eigenvalue weighted by Crippen LogP contribution is 2.17. The van der Waals surface area contributed by atoms with E-state index in [1.807, 2.05) is 0 Å². The third kappa shape index (κ3) is 26.0. The molecule has 8 nitrogen and oxygen atoms in total. The summed E-state index contributed by atoms with van der Waals surface area (Å²) in [6.07, 6.45) is 27.0. The average Bonchev–Trinajstić information content (AvgIpc) is 3.09. The molecule has 2 N–H and O–H groups in total. The summed E-state index contributed by atoms with van der Waals surface area (Å²) in [5, 5.41) is 12.7. The Morgan fingerprint density at radius 2 is 1.12 bits per heavy atom. The van der Waals surface area contributed by atoms with Gasteiger partial charge in [0.15, 0.2) is 0 Å². The van der Waals surface area contributed by atoms with Crippen LogP contribution in [0, 0.1) is 0 Å². The van der Waals surface area contributed by atoms with Gasteiger partial charge in [0.1, 0.15) is 11.8 Å². The lowest BCUT2D eigenvalue weighted by atomic mass is 10.0. The fourth-order valence-corrected chi connectivity index (χ4v) is 6.60. The van der Waals surface area contributed by atoms with Crippen LogP contribution in [0.1, 0.15) is 178 Å². The normalized spacial score (nSPS) is 12.3. The summed E-state index contributed by atoms with van der Waals surface area (Å²) < 4.78 is 6.74. The number of amides is 2. The van der Waals surface area contributed by atoms with Crippen LogP contribution in [0.2, 0.25) is 0 Å². The second-order valence-corrected chi connectivity index (χ2v) is 15.8. The van der Waals surface area contributed by atoms with Crippen molar-refractivity contribution >= 4 is 17.8 Å². The predicted molar refractivity (Wildman–Crippen MR) is 212 cm³/mol. The van der Waals surface area contributed by atoms with Crippen LogP contribution in [0.25, 0.3) is 0 Å². The summed E-state index contributed by atoms with van der Waals surface area (Å²) >= 11 is 0. The van der Waals surface area contributed by atoms with Gasteiger partial charge < -0.3 is 14.3 Å². The van der Waals surface area contributed by atoms with Gasteiger partial charge in [0, 0.05) is 12.0 Å². The zero-order valence-electron chi connectivity index (χ0n) is 33.7. The van der Waals surface area contributed by atoms with E-state index >= 15 is 0 Å². The minimum Gasteiger partial charge on any atom is -0.494 e. The van der Waals surface area contributed by atoms with Gasteiger partial charge in [-0.3, -0.25) is 24.6 Å². The highest BCUT2D eigenvalue weighted by atomic mass is 16.5. The number of carboxylic acid groups (broad SMARTS) is 1. The number of imide groups is 1. The number of unbranched alkanes of at least 4 members (excludes halogenated alkanes) is 19. The molecule has 1 aromatic carbocycles. The molecule has 0 saturated heterocycles. The number of carbonyl (C=O) groups excluding carboxylic acids is 2. The summed E-state index contributed by atoms with van der Waals surface area (Å²) in [4.78, 5) is 40.2. The Labute approximate surface area is 313 Å². The Balaban J connectivity index is 2.58. The number of nitrogens with one attached hydrogen (secondary N) is 1. The van der Waals surface area contributed by atoms with E-state index in [1.165, 1.54) is 103 Å². The van der Waals surface area contributed by atoms with E-state index in [0.29, 0.717) is 17.9 Å². The molecular formula is C43H78N3O5+. The summed E-state index contributed by atoms with van der Waals surface area (Å²) in [5.74, 6) is -1.12. The number of benzene rings is 1. The second-order valence-electron chi connectivity index (χ2n) is 15.8. The number of ether oxygens (including phenoxy) is 1.